The molecule has 3 heterocycles. The SMILES string of the molecule is Clc1cccc(-c2nc(C3=CC=C(c4nc5ccccc5n4-c4ccccc4)CC3)nc(-c3ccc4nc(-c5ccccc5)oc4c3)n2)c1. The summed E-state index contributed by atoms with van der Waals surface area (Å²) < 4.78 is 8.42. The van der Waals surface area contributed by atoms with Crippen molar-refractivity contribution in [3.63, 3.8) is 0 Å². The maximum Gasteiger partial charge on any atom is 0.227 e. The molecule has 5 aromatic carbocycles. The fourth-order valence-corrected chi connectivity index (χ4v) is 6.45. The van der Waals surface area contributed by atoms with Gasteiger partial charge in [0.15, 0.2) is 23.1 Å². The Kier molecular flexibility index (Phi) is 7.17. The van der Waals surface area contributed by atoms with Crippen molar-refractivity contribution in [1.82, 2.24) is 29.5 Å². The third kappa shape index (κ3) is 5.50. The van der Waals surface area contributed by atoms with Crippen LogP contribution in [0.2, 0.25) is 5.02 Å². The lowest BCUT2D eigenvalue weighted by Crippen LogP contribution is -2.06. The van der Waals surface area contributed by atoms with Crippen LogP contribution >= 0.6 is 11.6 Å². The van der Waals surface area contributed by atoms with Crippen LogP contribution < -0.4 is 0 Å². The van der Waals surface area contributed by atoms with Crippen LogP contribution in [0.1, 0.15) is 24.5 Å². The number of oxazole rings is 1. The highest BCUT2D eigenvalue weighted by Gasteiger charge is 2.21. The maximum absolute atomic E-state index is 6.40. The van der Waals surface area contributed by atoms with E-state index >= 15 is 0 Å². The molecule has 0 bridgehead atoms. The number of hydrogen-bond donors (Lipinski definition) is 0. The lowest BCUT2D eigenvalue weighted by atomic mass is 9.97. The van der Waals surface area contributed by atoms with Crippen LogP contribution in [0.4, 0.5) is 0 Å². The molecule has 234 valence electrons. The summed E-state index contributed by atoms with van der Waals surface area (Å²) >= 11 is 6.40. The second-order valence-corrected chi connectivity index (χ2v) is 12.3. The molecule has 0 N–H and O–H groups in total. The van der Waals surface area contributed by atoms with Crippen molar-refractivity contribution in [2.75, 3.05) is 0 Å². The first-order valence-corrected chi connectivity index (χ1v) is 16.5. The molecule has 0 unspecified atom stereocenters. The van der Waals surface area contributed by atoms with Gasteiger partial charge in [0.25, 0.3) is 0 Å². The van der Waals surface area contributed by atoms with Crippen molar-refractivity contribution in [1.29, 1.82) is 0 Å². The van der Waals surface area contributed by atoms with Crippen molar-refractivity contribution in [2.45, 2.75) is 12.8 Å². The Balaban J connectivity index is 1.14. The number of nitrogens with zero attached hydrogens (tertiary/aromatic N) is 6. The quantitative estimate of drug-likeness (QED) is 0.177. The molecule has 0 saturated heterocycles. The highest BCUT2D eigenvalue weighted by molar-refractivity contribution is 6.30. The van der Waals surface area contributed by atoms with Crippen molar-refractivity contribution >= 4 is 44.9 Å². The molecule has 7 nitrogen and oxygen atoms in total. The number of aromatic nitrogens is 6. The van der Waals surface area contributed by atoms with Gasteiger partial charge in [0.2, 0.25) is 5.89 Å². The first kappa shape index (κ1) is 29.0. The van der Waals surface area contributed by atoms with E-state index < -0.39 is 0 Å². The highest BCUT2D eigenvalue weighted by atomic mass is 35.5. The molecule has 0 amide bonds. The van der Waals surface area contributed by atoms with E-state index in [1.807, 2.05) is 84.9 Å². The molecule has 0 saturated carbocycles. The molecule has 0 radical (unpaired) electrons. The van der Waals surface area contributed by atoms with E-state index in [-0.39, 0.29) is 0 Å². The van der Waals surface area contributed by atoms with Crippen LogP contribution in [0.25, 0.3) is 73.2 Å². The third-order valence-corrected chi connectivity index (χ3v) is 8.92. The van der Waals surface area contributed by atoms with Gasteiger partial charge in [-0.1, -0.05) is 84.4 Å². The average Bonchev–Trinajstić information content (AvgIpc) is 3.77. The summed E-state index contributed by atoms with van der Waals surface area (Å²) in [5, 5.41) is 0.614. The van der Waals surface area contributed by atoms with Crippen LogP contribution in [0.3, 0.4) is 0 Å². The summed E-state index contributed by atoms with van der Waals surface area (Å²) in [5.41, 5.74) is 9.25. The van der Waals surface area contributed by atoms with Crippen LogP contribution in [0, 0.1) is 0 Å². The van der Waals surface area contributed by atoms with E-state index in [4.69, 9.17) is 40.9 Å². The molecular weight excluding hydrogens is 628 g/mol. The van der Waals surface area contributed by atoms with Crippen LogP contribution in [-0.4, -0.2) is 29.5 Å². The van der Waals surface area contributed by atoms with Crippen LogP contribution in [0.15, 0.2) is 144 Å². The maximum atomic E-state index is 6.40. The Morgan fingerprint density at radius 1 is 0.531 bits per heavy atom. The molecule has 8 aromatic rings. The molecule has 1 aliphatic carbocycles. The van der Waals surface area contributed by atoms with Gasteiger partial charge < -0.3 is 4.42 Å². The number of benzene rings is 5. The van der Waals surface area contributed by atoms with Gasteiger partial charge in [-0.05, 0) is 90.7 Å². The molecule has 0 spiro atoms. The number of allylic oxidation sites excluding steroid dienone is 4. The third-order valence-electron chi connectivity index (χ3n) is 8.68. The van der Waals surface area contributed by atoms with E-state index in [9.17, 15) is 0 Å². The van der Waals surface area contributed by atoms with Crippen LogP contribution in [0.5, 0.6) is 0 Å². The zero-order valence-electron chi connectivity index (χ0n) is 26.2. The van der Waals surface area contributed by atoms with Crippen molar-refractivity contribution in [3.05, 3.63) is 156 Å². The minimum Gasteiger partial charge on any atom is -0.436 e. The largest absolute Gasteiger partial charge is 0.436 e. The predicted octanol–water partition coefficient (Wildman–Crippen LogP) is 10.3. The summed E-state index contributed by atoms with van der Waals surface area (Å²) in [6.45, 7) is 0. The minimum atomic E-state index is 0.543. The van der Waals surface area contributed by atoms with Gasteiger partial charge in [-0.25, -0.2) is 24.9 Å². The zero-order chi connectivity index (χ0) is 32.7. The highest BCUT2D eigenvalue weighted by Crippen LogP contribution is 2.35. The molecule has 3 aromatic heterocycles. The van der Waals surface area contributed by atoms with E-state index in [0.29, 0.717) is 34.0 Å². The first-order valence-electron chi connectivity index (χ1n) is 16.1. The van der Waals surface area contributed by atoms with Gasteiger partial charge in [0.05, 0.1) is 11.0 Å². The lowest BCUT2D eigenvalue weighted by molar-refractivity contribution is 0.620. The Morgan fingerprint density at radius 2 is 1.20 bits per heavy atom. The van der Waals surface area contributed by atoms with Gasteiger partial charge >= 0.3 is 0 Å². The fraction of sp³-hybridized carbons (Fsp3) is 0.0488. The smallest absolute Gasteiger partial charge is 0.227 e. The molecule has 1 aliphatic rings. The van der Waals surface area contributed by atoms with Gasteiger partial charge in [0.1, 0.15) is 11.3 Å². The zero-order valence-corrected chi connectivity index (χ0v) is 26.9. The second kappa shape index (κ2) is 12.1. The fourth-order valence-electron chi connectivity index (χ4n) is 6.26. The minimum absolute atomic E-state index is 0.543. The number of halogens is 1. The standard InChI is InChI=1S/C41H27ClN6O/c42-31-13-9-12-29(24-31)38-45-37(46-39(47-38)30-22-23-34-36(25-30)49-41(44-34)28-10-3-1-4-11-28)26-18-20-27(21-19-26)40-43-33-16-7-8-17-35(33)48(40)32-14-5-2-6-15-32/h1-18,20,22-25H,19,21H2. The molecule has 0 fully saturated rings. The lowest BCUT2D eigenvalue weighted by Gasteiger charge is -2.17. The van der Waals surface area contributed by atoms with Gasteiger partial charge in [-0.15, -0.1) is 0 Å². The molecular formula is C41H27ClN6O. The Labute approximate surface area is 286 Å². The summed E-state index contributed by atoms with van der Waals surface area (Å²) in [6, 6.07) is 41.9. The normalized spacial score (nSPS) is 13.1. The van der Waals surface area contributed by atoms with Gasteiger partial charge in [0, 0.05) is 27.4 Å². The monoisotopic (exact) mass is 654 g/mol. The van der Waals surface area contributed by atoms with E-state index in [1.165, 1.54) is 0 Å². The average molecular weight is 655 g/mol. The summed E-state index contributed by atoms with van der Waals surface area (Å²) in [7, 11) is 0. The van der Waals surface area contributed by atoms with Crippen molar-refractivity contribution < 1.29 is 4.42 Å². The van der Waals surface area contributed by atoms with Gasteiger partial charge in [-0.2, -0.15) is 0 Å². The summed E-state index contributed by atoms with van der Waals surface area (Å²) in [6.07, 6.45) is 5.78. The Bertz CT molecular complexity index is 2570. The molecule has 0 aliphatic heterocycles. The number of rotatable bonds is 6. The second-order valence-electron chi connectivity index (χ2n) is 11.9. The molecule has 49 heavy (non-hydrogen) atoms. The number of imidazole rings is 1. The van der Waals surface area contributed by atoms with Crippen LogP contribution in [-0.2, 0) is 0 Å². The molecule has 0 atom stereocenters. The van der Waals surface area contributed by atoms with Crippen molar-refractivity contribution in [3.8, 4) is 39.9 Å². The summed E-state index contributed by atoms with van der Waals surface area (Å²) in [5.74, 6) is 3.22. The van der Waals surface area contributed by atoms with E-state index in [2.05, 4.69) is 59.2 Å². The topological polar surface area (TPSA) is 82.5 Å². The molecule has 8 heteroatoms. The van der Waals surface area contributed by atoms with E-state index in [0.717, 1.165) is 68.7 Å². The van der Waals surface area contributed by atoms with E-state index in [1.54, 1.807) is 0 Å². The Morgan fingerprint density at radius 3 is 1.98 bits per heavy atom. The van der Waals surface area contributed by atoms with Crippen molar-refractivity contribution in [2.24, 2.45) is 0 Å². The predicted molar refractivity (Wildman–Crippen MR) is 195 cm³/mol. The first-order chi connectivity index (χ1) is 24.2. The molecule has 9 rings (SSSR count). The number of fused-ring (bicyclic) bond motifs is 2. The number of para-hydroxylation sites is 3. The summed E-state index contributed by atoms with van der Waals surface area (Å²) in [4.78, 5) is 24.7. The number of hydrogen-bond acceptors (Lipinski definition) is 6. The van der Waals surface area contributed by atoms with Gasteiger partial charge in [-0.3, -0.25) is 4.57 Å². The Hall–Kier alpha value is -6.18.